The number of rotatable bonds is 3. The van der Waals surface area contributed by atoms with Crippen LogP contribution in [-0.2, 0) is 0 Å². The maximum Gasteiger partial charge on any atom is 0.267 e. The summed E-state index contributed by atoms with van der Waals surface area (Å²) >= 11 is 0. The number of pyridine rings is 1. The summed E-state index contributed by atoms with van der Waals surface area (Å²) in [6, 6.07) is 23.9. The molecule has 0 amide bonds. The highest BCUT2D eigenvalue weighted by Gasteiger charge is 2.23. The Balaban J connectivity index is 1.86. The molecule has 5 heteroatoms. The SMILES string of the molecule is O=C(c1ccccc1)c1c2ncn(-c3ccccc3)c(=O)c2c2ccccn12. The molecule has 0 spiro atoms. The molecule has 134 valence electrons. The topological polar surface area (TPSA) is 56.4 Å². The summed E-state index contributed by atoms with van der Waals surface area (Å²) in [7, 11) is 0. The maximum atomic E-state index is 13.3. The van der Waals surface area contributed by atoms with Crippen LogP contribution in [0.3, 0.4) is 0 Å². The van der Waals surface area contributed by atoms with Gasteiger partial charge in [0.25, 0.3) is 5.56 Å². The van der Waals surface area contributed by atoms with Gasteiger partial charge < -0.3 is 4.40 Å². The summed E-state index contributed by atoms with van der Waals surface area (Å²) in [4.78, 5) is 31.1. The van der Waals surface area contributed by atoms with Crippen LogP contribution in [-0.4, -0.2) is 19.7 Å². The molecular weight excluding hydrogens is 350 g/mol. The van der Waals surface area contributed by atoms with Crippen molar-refractivity contribution in [3.05, 3.63) is 113 Å². The van der Waals surface area contributed by atoms with Gasteiger partial charge in [-0.25, -0.2) is 4.98 Å². The normalized spacial score (nSPS) is 11.1. The fraction of sp³-hybridized carbons (Fsp3) is 0. The van der Waals surface area contributed by atoms with Crippen molar-refractivity contribution < 1.29 is 4.79 Å². The first-order chi connectivity index (χ1) is 13.8. The van der Waals surface area contributed by atoms with E-state index in [2.05, 4.69) is 4.98 Å². The minimum atomic E-state index is -0.202. The Hall–Kier alpha value is -3.99. The lowest BCUT2D eigenvalue weighted by atomic mass is 10.1. The summed E-state index contributed by atoms with van der Waals surface area (Å²) in [5.41, 5.74) is 2.56. The van der Waals surface area contributed by atoms with E-state index in [-0.39, 0.29) is 11.3 Å². The van der Waals surface area contributed by atoms with Crippen molar-refractivity contribution >= 4 is 22.2 Å². The third-order valence-corrected chi connectivity index (χ3v) is 4.84. The highest BCUT2D eigenvalue weighted by atomic mass is 16.1. The van der Waals surface area contributed by atoms with E-state index in [1.54, 1.807) is 22.7 Å². The van der Waals surface area contributed by atoms with E-state index >= 15 is 0 Å². The van der Waals surface area contributed by atoms with Gasteiger partial charge >= 0.3 is 0 Å². The number of benzene rings is 2. The molecule has 0 radical (unpaired) electrons. The molecule has 0 saturated heterocycles. The fourth-order valence-electron chi connectivity index (χ4n) is 3.54. The van der Waals surface area contributed by atoms with Crippen LogP contribution < -0.4 is 5.56 Å². The molecule has 2 aromatic carbocycles. The van der Waals surface area contributed by atoms with E-state index in [1.807, 2.05) is 66.7 Å². The van der Waals surface area contributed by atoms with Crippen molar-refractivity contribution in [1.82, 2.24) is 14.0 Å². The molecule has 3 aromatic heterocycles. The summed E-state index contributed by atoms with van der Waals surface area (Å²) < 4.78 is 3.26. The summed E-state index contributed by atoms with van der Waals surface area (Å²) in [5, 5.41) is 0.436. The highest BCUT2D eigenvalue weighted by molar-refractivity contribution is 6.17. The second kappa shape index (κ2) is 6.32. The Morgan fingerprint density at radius 2 is 1.50 bits per heavy atom. The minimum Gasteiger partial charge on any atom is -0.311 e. The number of hydrogen-bond acceptors (Lipinski definition) is 3. The quantitative estimate of drug-likeness (QED) is 0.456. The number of carbonyl (C=O) groups is 1. The molecule has 0 bridgehead atoms. The van der Waals surface area contributed by atoms with Crippen molar-refractivity contribution in [2.45, 2.75) is 0 Å². The van der Waals surface area contributed by atoms with Crippen LogP contribution in [0.25, 0.3) is 22.1 Å². The molecule has 3 heterocycles. The zero-order valence-electron chi connectivity index (χ0n) is 14.8. The molecule has 0 atom stereocenters. The Labute approximate surface area is 160 Å². The number of para-hydroxylation sites is 1. The standard InChI is InChI=1S/C23H15N3O2/c27-22(16-9-3-1-4-10-16)21-20-19(18-13-7-8-14-25(18)21)23(28)26(15-24-20)17-11-5-2-6-12-17/h1-15H. The van der Waals surface area contributed by atoms with E-state index in [0.29, 0.717) is 27.7 Å². The minimum absolute atomic E-state index is 0.166. The van der Waals surface area contributed by atoms with Crippen LogP contribution in [0.2, 0.25) is 0 Å². The monoisotopic (exact) mass is 365 g/mol. The van der Waals surface area contributed by atoms with E-state index in [0.717, 1.165) is 5.69 Å². The summed E-state index contributed by atoms with van der Waals surface area (Å²) in [6.45, 7) is 0. The van der Waals surface area contributed by atoms with Crippen molar-refractivity contribution in [3.63, 3.8) is 0 Å². The number of ketones is 1. The molecule has 0 fully saturated rings. The first-order valence-corrected chi connectivity index (χ1v) is 8.91. The van der Waals surface area contributed by atoms with Gasteiger partial charge in [-0.15, -0.1) is 0 Å². The van der Waals surface area contributed by atoms with E-state index < -0.39 is 0 Å². The van der Waals surface area contributed by atoms with Gasteiger partial charge in [-0.1, -0.05) is 54.6 Å². The van der Waals surface area contributed by atoms with Gasteiger partial charge in [0.15, 0.2) is 0 Å². The zero-order valence-corrected chi connectivity index (χ0v) is 14.8. The Morgan fingerprint density at radius 3 is 2.25 bits per heavy atom. The van der Waals surface area contributed by atoms with Crippen molar-refractivity contribution in [1.29, 1.82) is 0 Å². The van der Waals surface area contributed by atoms with Gasteiger partial charge in [0.2, 0.25) is 5.78 Å². The lowest BCUT2D eigenvalue weighted by Crippen LogP contribution is -2.18. The van der Waals surface area contributed by atoms with Crippen molar-refractivity contribution in [2.75, 3.05) is 0 Å². The number of nitrogens with zero attached hydrogens (tertiary/aromatic N) is 3. The van der Waals surface area contributed by atoms with E-state index in [1.165, 1.54) is 10.9 Å². The summed E-state index contributed by atoms with van der Waals surface area (Å²) in [6.07, 6.45) is 3.28. The lowest BCUT2D eigenvalue weighted by molar-refractivity contribution is 0.103. The molecule has 5 rings (SSSR count). The zero-order chi connectivity index (χ0) is 19.1. The van der Waals surface area contributed by atoms with Gasteiger partial charge in [-0.05, 0) is 24.3 Å². The van der Waals surface area contributed by atoms with Gasteiger partial charge in [-0.3, -0.25) is 14.2 Å². The van der Waals surface area contributed by atoms with Gasteiger partial charge in [0, 0.05) is 11.8 Å². The third-order valence-electron chi connectivity index (χ3n) is 4.84. The van der Waals surface area contributed by atoms with Crippen LogP contribution in [0.4, 0.5) is 0 Å². The van der Waals surface area contributed by atoms with Crippen LogP contribution in [0.5, 0.6) is 0 Å². The second-order valence-corrected chi connectivity index (χ2v) is 6.48. The first-order valence-electron chi connectivity index (χ1n) is 8.91. The number of fused-ring (bicyclic) bond motifs is 3. The number of carbonyl (C=O) groups excluding carboxylic acids is 1. The largest absolute Gasteiger partial charge is 0.311 e. The third kappa shape index (κ3) is 2.37. The molecule has 28 heavy (non-hydrogen) atoms. The predicted octanol–water partition coefficient (Wildman–Crippen LogP) is 3.87. The van der Waals surface area contributed by atoms with Crippen molar-refractivity contribution in [2.24, 2.45) is 0 Å². The van der Waals surface area contributed by atoms with Crippen molar-refractivity contribution in [3.8, 4) is 5.69 Å². The first kappa shape index (κ1) is 16.2. The van der Waals surface area contributed by atoms with Gasteiger partial charge in [-0.2, -0.15) is 0 Å². The molecule has 0 aliphatic carbocycles. The smallest absolute Gasteiger partial charge is 0.267 e. The predicted molar refractivity (Wildman–Crippen MR) is 108 cm³/mol. The second-order valence-electron chi connectivity index (χ2n) is 6.48. The number of aromatic nitrogens is 3. The van der Waals surface area contributed by atoms with Crippen LogP contribution >= 0.6 is 0 Å². The summed E-state index contributed by atoms with van der Waals surface area (Å²) in [5.74, 6) is -0.166. The molecular formula is C23H15N3O2. The maximum absolute atomic E-state index is 13.3. The Bertz CT molecular complexity index is 1380. The highest BCUT2D eigenvalue weighted by Crippen LogP contribution is 2.25. The molecule has 0 unspecified atom stereocenters. The molecule has 0 N–H and O–H groups in total. The average molecular weight is 365 g/mol. The van der Waals surface area contributed by atoms with Crippen LogP contribution in [0.1, 0.15) is 16.1 Å². The van der Waals surface area contributed by atoms with E-state index in [9.17, 15) is 9.59 Å². The molecule has 5 nitrogen and oxygen atoms in total. The lowest BCUT2D eigenvalue weighted by Gasteiger charge is -2.05. The van der Waals surface area contributed by atoms with Gasteiger partial charge in [0.05, 0.1) is 16.6 Å². The molecule has 0 aliphatic rings. The molecule has 0 saturated carbocycles. The van der Waals surface area contributed by atoms with E-state index in [4.69, 9.17) is 0 Å². The number of hydrogen-bond donors (Lipinski definition) is 0. The molecule has 0 aliphatic heterocycles. The van der Waals surface area contributed by atoms with Gasteiger partial charge in [0.1, 0.15) is 17.5 Å². The van der Waals surface area contributed by atoms with Crippen LogP contribution in [0, 0.1) is 0 Å². The Morgan fingerprint density at radius 1 is 0.821 bits per heavy atom. The molecule has 5 aromatic rings. The van der Waals surface area contributed by atoms with Crippen LogP contribution in [0.15, 0.2) is 96.2 Å². The fourth-order valence-corrected chi connectivity index (χ4v) is 3.54. The average Bonchev–Trinajstić information content (AvgIpc) is 3.10. The Kier molecular flexibility index (Phi) is 3.66.